The molecule has 0 saturated heterocycles. The van der Waals surface area contributed by atoms with Crippen LogP contribution in [0.1, 0.15) is 218 Å². The SMILES string of the molecule is CCCCCCCC/C=C/CCCCCCCCOP(OCCCCCCCC/C=C/CCCCCCCC)Oc1ccc(CC(C)c2ccccc2)cc1. The van der Waals surface area contributed by atoms with E-state index in [2.05, 4.69) is 99.7 Å². The van der Waals surface area contributed by atoms with Gasteiger partial charge in [-0.25, -0.2) is 0 Å². The molecule has 2 aromatic rings. The first-order valence-electron chi connectivity index (χ1n) is 23.4. The lowest BCUT2D eigenvalue weighted by Gasteiger charge is -2.18. The Hall–Kier alpha value is -1.93. The summed E-state index contributed by atoms with van der Waals surface area (Å²) in [6.45, 7) is 8.28. The maximum Gasteiger partial charge on any atom is 0.397 e. The van der Waals surface area contributed by atoms with Gasteiger partial charge in [-0.1, -0.05) is 203 Å². The Balaban J connectivity index is 1.61. The number of allylic oxidation sites excluding steroid dienone is 4. The molecule has 4 heteroatoms. The van der Waals surface area contributed by atoms with Crippen LogP contribution in [0, 0.1) is 0 Å². The van der Waals surface area contributed by atoms with Crippen LogP contribution in [-0.2, 0) is 15.5 Å². The number of rotatable bonds is 39. The summed E-state index contributed by atoms with van der Waals surface area (Å²) >= 11 is 0. The van der Waals surface area contributed by atoms with E-state index in [1.807, 2.05) is 0 Å². The number of benzene rings is 2. The molecular weight excluding hydrogens is 692 g/mol. The lowest BCUT2D eigenvalue weighted by atomic mass is 9.94. The molecule has 0 amide bonds. The average Bonchev–Trinajstić information content (AvgIpc) is 3.21. The van der Waals surface area contributed by atoms with Gasteiger partial charge in [-0.2, -0.15) is 0 Å². The van der Waals surface area contributed by atoms with Gasteiger partial charge in [0.05, 0.1) is 13.2 Å². The van der Waals surface area contributed by atoms with Gasteiger partial charge in [-0.15, -0.1) is 0 Å². The lowest BCUT2D eigenvalue weighted by Crippen LogP contribution is -2.02. The van der Waals surface area contributed by atoms with E-state index in [0.717, 1.165) is 25.0 Å². The van der Waals surface area contributed by atoms with E-state index in [1.54, 1.807) is 0 Å². The summed E-state index contributed by atoms with van der Waals surface area (Å²) in [5, 5.41) is 0. The topological polar surface area (TPSA) is 27.7 Å². The average molecular weight is 777 g/mol. The largest absolute Gasteiger partial charge is 0.427 e. The fourth-order valence-corrected chi connectivity index (χ4v) is 8.12. The Morgan fingerprint density at radius 3 is 1.25 bits per heavy atom. The molecule has 2 aromatic carbocycles. The first-order chi connectivity index (χ1) is 27.2. The van der Waals surface area contributed by atoms with Crippen molar-refractivity contribution in [2.45, 2.75) is 213 Å². The first kappa shape index (κ1) is 49.2. The second-order valence-corrected chi connectivity index (χ2v) is 17.2. The third-order valence-electron chi connectivity index (χ3n) is 10.7. The molecule has 0 saturated carbocycles. The van der Waals surface area contributed by atoms with Gasteiger partial charge in [-0.3, -0.25) is 0 Å². The highest BCUT2D eigenvalue weighted by Crippen LogP contribution is 2.41. The normalized spacial score (nSPS) is 12.4. The van der Waals surface area contributed by atoms with Crippen molar-refractivity contribution >= 4 is 8.60 Å². The molecule has 0 N–H and O–H groups in total. The predicted octanol–water partition coefficient (Wildman–Crippen LogP) is 17.7. The minimum absolute atomic E-state index is 0.477. The van der Waals surface area contributed by atoms with Crippen molar-refractivity contribution in [2.24, 2.45) is 0 Å². The van der Waals surface area contributed by atoms with Crippen LogP contribution < -0.4 is 4.52 Å². The van der Waals surface area contributed by atoms with Gasteiger partial charge >= 0.3 is 8.60 Å². The quantitative estimate of drug-likeness (QED) is 0.0384. The number of hydrogen-bond acceptors (Lipinski definition) is 3. The summed E-state index contributed by atoms with van der Waals surface area (Å²) in [4.78, 5) is 0. The van der Waals surface area contributed by atoms with Gasteiger partial charge < -0.3 is 13.6 Å². The highest BCUT2D eigenvalue weighted by atomic mass is 31.2. The van der Waals surface area contributed by atoms with E-state index >= 15 is 0 Å². The molecule has 0 aliphatic rings. The summed E-state index contributed by atoms with van der Waals surface area (Å²) < 4.78 is 18.8. The van der Waals surface area contributed by atoms with Crippen molar-refractivity contribution in [3.05, 3.63) is 90.0 Å². The van der Waals surface area contributed by atoms with E-state index in [0.29, 0.717) is 19.1 Å². The zero-order valence-corrected chi connectivity index (χ0v) is 37.1. The van der Waals surface area contributed by atoms with Crippen molar-refractivity contribution in [1.29, 1.82) is 0 Å². The van der Waals surface area contributed by atoms with Gasteiger partial charge in [0.15, 0.2) is 0 Å². The molecule has 2 rings (SSSR count). The molecule has 0 heterocycles. The molecular formula is C51H85O3P. The second kappa shape index (κ2) is 37.6. The smallest absolute Gasteiger partial charge is 0.397 e. The Kier molecular flexibility index (Phi) is 33.7. The highest BCUT2D eigenvalue weighted by molar-refractivity contribution is 7.42. The van der Waals surface area contributed by atoms with Crippen LogP contribution in [0.3, 0.4) is 0 Å². The van der Waals surface area contributed by atoms with E-state index in [9.17, 15) is 0 Å². The van der Waals surface area contributed by atoms with Gasteiger partial charge in [0, 0.05) is 0 Å². The number of unbranched alkanes of at least 4 members (excludes halogenated alkanes) is 24. The molecule has 0 aromatic heterocycles. The molecule has 0 spiro atoms. The van der Waals surface area contributed by atoms with E-state index < -0.39 is 8.60 Å². The molecule has 0 radical (unpaired) electrons. The summed E-state index contributed by atoms with van der Waals surface area (Å²) in [7, 11) is -1.40. The van der Waals surface area contributed by atoms with Gasteiger partial charge in [-0.05, 0) is 99.8 Å². The molecule has 0 bridgehead atoms. The lowest BCUT2D eigenvalue weighted by molar-refractivity contribution is 0.198. The monoisotopic (exact) mass is 777 g/mol. The number of hydrogen-bond donors (Lipinski definition) is 0. The van der Waals surface area contributed by atoms with Crippen LogP contribution in [0.5, 0.6) is 5.75 Å². The Morgan fingerprint density at radius 2 is 0.836 bits per heavy atom. The maximum absolute atomic E-state index is 6.32. The van der Waals surface area contributed by atoms with Gasteiger partial charge in [0.25, 0.3) is 0 Å². The van der Waals surface area contributed by atoms with Crippen molar-refractivity contribution in [3.8, 4) is 5.75 Å². The van der Waals surface area contributed by atoms with E-state index in [-0.39, 0.29) is 0 Å². The van der Waals surface area contributed by atoms with Gasteiger partial charge in [0.2, 0.25) is 0 Å². The van der Waals surface area contributed by atoms with Crippen molar-refractivity contribution in [3.63, 3.8) is 0 Å². The zero-order valence-electron chi connectivity index (χ0n) is 36.2. The molecule has 1 unspecified atom stereocenters. The van der Waals surface area contributed by atoms with E-state index in [1.165, 1.54) is 178 Å². The highest BCUT2D eigenvalue weighted by Gasteiger charge is 2.15. The van der Waals surface area contributed by atoms with Crippen LogP contribution in [0.2, 0.25) is 0 Å². The Labute approximate surface area is 342 Å². The van der Waals surface area contributed by atoms with Crippen molar-refractivity contribution < 1.29 is 13.6 Å². The van der Waals surface area contributed by atoms with Crippen molar-refractivity contribution in [2.75, 3.05) is 13.2 Å². The predicted molar refractivity (Wildman–Crippen MR) is 243 cm³/mol. The van der Waals surface area contributed by atoms with Crippen LogP contribution in [0.15, 0.2) is 78.9 Å². The second-order valence-electron chi connectivity index (χ2n) is 16.0. The first-order valence-corrected chi connectivity index (χ1v) is 24.5. The molecule has 3 nitrogen and oxygen atoms in total. The summed E-state index contributed by atoms with van der Waals surface area (Å²) in [5.74, 6) is 1.31. The summed E-state index contributed by atoms with van der Waals surface area (Å²) in [6.07, 6.45) is 47.4. The molecule has 55 heavy (non-hydrogen) atoms. The molecule has 312 valence electrons. The fourth-order valence-electron chi connectivity index (χ4n) is 7.09. The standard InChI is InChI=1S/C51H85O3P/c1-4-6-8-10-12-14-16-18-20-22-24-26-28-30-32-37-45-52-55(54-51-43-41-49(42-44-51)47-48(3)50-39-35-34-36-40-50)53-46-38-33-31-29-27-25-23-21-19-17-15-13-11-9-7-5-2/h18-21,34-36,39-44,48H,4-17,22-33,37-38,45-47H2,1-3H3/b20-18+,21-19+. The minimum Gasteiger partial charge on any atom is -0.427 e. The Bertz CT molecular complexity index is 1090. The van der Waals surface area contributed by atoms with Crippen LogP contribution in [0.4, 0.5) is 0 Å². The fraction of sp³-hybridized carbons (Fsp3) is 0.686. The van der Waals surface area contributed by atoms with Gasteiger partial charge in [0.1, 0.15) is 5.75 Å². The molecule has 1 atom stereocenters. The van der Waals surface area contributed by atoms with Crippen LogP contribution in [-0.4, -0.2) is 13.2 Å². The summed E-state index contributed by atoms with van der Waals surface area (Å²) in [5.41, 5.74) is 2.70. The Morgan fingerprint density at radius 1 is 0.455 bits per heavy atom. The third-order valence-corrected chi connectivity index (χ3v) is 11.9. The minimum atomic E-state index is -1.40. The molecule has 0 aliphatic heterocycles. The zero-order chi connectivity index (χ0) is 39.1. The summed E-state index contributed by atoms with van der Waals surface area (Å²) in [6, 6.07) is 19.3. The molecule has 0 fully saturated rings. The van der Waals surface area contributed by atoms with Crippen LogP contribution in [0.25, 0.3) is 0 Å². The van der Waals surface area contributed by atoms with E-state index in [4.69, 9.17) is 13.6 Å². The van der Waals surface area contributed by atoms with Crippen LogP contribution >= 0.6 is 8.60 Å². The third kappa shape index (κ3) is 29.9. The van der Waals surface area contributed by atoms with Crippen molar-refractivity contribution in [1.82, 2.24) is 0 Å². The molecule has 0 aliphatic carbocycles. The maximum atomic E-state index is 6.32.